The number of hydrogen-bond donors (Lipinski definition) is 1. The first kappa shape index (κ1) is 19.6. The Morgan fingerprint density at radius 1 is 1.35 bits per heavy atom. The molecule has 142 valence electrons. The van der Waals surface area contributed by atoms with Crippen molar-refractivity contribution in [2.75, 3.05) is 21.2 Å². The van der Waals surface area contributed by atoms with Crippen LogP contribution < -0.4 is 14.8 Å². The summed E-state index contributed by atoms with van der Waals surface area (Å²) in [6, 6.07) is 8.84. The number of aryl methyl sites for hydroxylation is 1. The fraction of sp³-hybridized carbons (Fsp3) is 0.389. The number of guanidine groups is 1. The fourth-order valence-electron chi connectivity index (χ4n) is 2.55. The van der Waals surface area contributed by atoms with E-state index in [2.05, 4.69) is 15.0 Å². The highest BCUT2D eigenvalue weighted by Gasteiger charge is 2.13. The lowest BCUT2D eigenvalue weighted by Crippen LogP contribution is -2.38. The summed E-state index contributed by atoms with van der Waals surface area (Å²) in [5.41, 5.74) is 1.71. The van der Waals surface area contributed by atoms with Crippen molar-refractivity contribution < 1.29 is 18.3 Å². The number of alkyl halides is 2. The van der Waals surface area contributed by atoms with E-state index in [0.717, 1.165) is 5.69 Å². The van der Waals surface area contributed by atoms with Gasteiger partial charge in [0.25, 0.3) is 0 Å². The molecular weight excluding hydrogens is 342 g/mol. The average molecular weight is 366 g/mol. The monoisotopic (exact) mass is 366 g/mol. The Kier molecular flexibility index (Phi) is 6.82. The first-order chi connectivity index (χ1) is 12.4. The number of nitrogens with zero attached hydrogens (tertiary/aromatic N) is 3. The molecule has 0 radical (unpaired) electrons. The van der Waals surface area contributed by atoms with E-state index in [1.807, 2.05) is 41.9 Å². The third-order valence-corrected chi connectivity index (χ3v) is 3.95. The molecule has 6 nitrogen and oxygen atoms in total. The topological polar surface area (TPSA) is 51.0 Å². The average Bonchev–Trinajstić information content (AvgIpc) is 3.00. The minimum atomic E-state index is -2.90. The van der Waals surface area contributed by atoms with Gasteiger partial charge in [0, 0.05) is 51.2 Å². The zero-order chi connectivity index (χ0) is 19.1. The molecule has 0 spiro atoms. The number of benzene rings is 1. The minimum Gasteiger partial charge on any atom is -0.497 e. The molecule has 0 fully saturated rings. The van der Waals surface area contributed by atoms with Crippen LogP contribution >= 0.6 is 0 Å². The zero-order valence-electron chi connectivity index (χ0n) is 15.4. The Labute approximate surface area is 152 Å². The fourth-order valence-corrected chi connectivity index (χ4v) is 2.55. The molecule has 8 heteroatoms. The lowest BCUT2D eigenvalue weighted by Gasteiger charge is -2.23. The maximum Gasteiger partial charge on any atom is 0.387 e. The van der Waals surface area contributed by atoms with Crippen LogP contribution in [0.1, 0.15) is 11.3 Å². The third-order valence-electron chi connectivity index (χ3n) is 3.95. The second-order valence-corrected chi connectivity index (χ2v) is 5.72. The summed E-state index contributed by atoms with van der Waals surface area (Å²) < 4.78 is 37.0. The van der Waals surface area contributed by atoms with E-state index in [9.17, 15) is 8.78 Å². The Hall–Kier alpha value is -2.77. The molecule has 0 atom stereocenters. The van der Waals surface area contributed by atoms with Crippen LogP contribution in [-0.2, 0) is 20.1 Å². The summed E-state index contributed by atoms with van der Waals surface area (Å²) in [5, 5.41) is 3.17. The van der Waals surface area contributed by atoms with Crippen molar-refractivity contribution >= 4 is 5.96 Å². The summed E-state index contributed by atoms with van der Waals surface area (Å²) in [4.78, 5) is 6.20. The van der Waals surface area contributed by atoms with Crippen molar-refractivity contribution in [3.8, 4) is 11.5 Å². The molecule has 0 aliphatic heterocycles. The Morgan fingerprint density at radius 3 is 2.69 bits per heavy atom. The van der Waals surface area contributed by atoms with Gasteiger partial charge in [-0.25, -0.2) is 0 Å². The second kappa shape index (κ2) is 9.07. The van der Waals surface area contributed by atoms with Crippen molar-refractivity contribution in [2.45, 2.75) is 19.7 Å². The highest BCUT2D eigenvalue weighted by Crippen LogP contribution is 2.26. The van der Waals surface area contributed by atoms with Crippen molar-refractivity contribution in [1.82, 2.24) is 14.8 Å². The quantitative estimate of drug-likeness (QED) is 0.605. The first-order valence-electron chi connectivity index (χ1n) is 8.08. The van der Waals surface area contributed by atoms with Crippen LogP contribution in [0.5, 0.6) is 11.5 Å². The van der Waals surface area contributed by atoms with Crippen molar-refractivity contribution in [3.63, 3.8) is 0 Å². The summed E-state index contributed by atoms with van der Waals surface area (Å²) in [6.07, 6.45) is 1.98. The molecule has 2 rings (SSSR count). The number of nitrogens with one attached hydrogen (secondary N) is 1. The van der Waals surface area contributed by atoms with Gasteiger partial charge in [-0.3, -0.25) is 4.99 Å². The van der Waals surface area contributed by atoms with Crippen LogP contribution in [0, 0.1) is 0 Å². The summed E-state index contributed by atoms with van der Waals surface area (Å²) >= 11 is 0. The molecule has 1 aromatic carbocycles. The summed E-state index contributed by atoms with van der Waals surface area (Å²) in [5.74, 6) is 1.17. The maximum absolute atomic E-state index is 12.7. The molecule has 0 aliphatic carbocycles. The van der Waals surface area contributed by atoms with Gasteiger partial charge < -0.3 is 24.3 Å². The van der Waals surface area contributed by atoms with Gasteiger partial charge >= 0.3 is 6.61 Å². The molecule has 1 aromatic heterocycles. The Balaban J connectivity index is 2.06. The lowest BCUT2D eigenvalue weighted by atomic mass is 10.2. The zero-order valence-corrected chi connectivity index (χ0v) is 15.4. The van der Waals surface area contributed by atoms with Crippen LogP contribution in [0.25, 0.3) is 0 Å². The van der Waals surface area contributed by atoms with E-state index >= 15 is 0 Å². The molecule has 26 heavy (non-hydrogen) atoms. The third kappa shape index (κ3) is 5.11. The van der Waals surface area contributed by atoms with Crippen LogP contribution in [0.2, 0.25) is 0 Å². The number of aliphatic imine (C=N–C) groups is 1. The molecule has 0 unspecified atom stereocenters. The van der Waals surface area contributed by atoms with Gasteiger partial charge in [-0.15, -0.1) is 0 Å². The maximum atomic E-state index is 12.7. The van der Waals surface area contributed by atoms with Crippen LogP contribution in [-0.4, -0.2) is 43.2 Å². The number of ether oxygens (including phenoxy) is 2. The normalized spacial score (nSPS) is 11.6. The van der Waals surface area contributed by atoms with Gasteiger partial charge in [0.15, 0.2) is 5.96 Å². The largest absolute Gasteiger partial charge is 0.497 e. The van der Waals surface area contributed by atoms with Crippen LogP contribution in [0.4, 0.5) is 8.78 Å². The van der Waals surface area contributed by atoms with E-state index in [4.69, 9.17) is 4.74 Å². The molecule has 1 heterocycles. The van der Waals surface area contributed by atoms with Crippen molar-refractivity contribution in [1.29, 1.82) is 0 Å². The van der Waals surface area contributed by atoms with Gasteiger partial charge in [-0.2, -0.15) is 8.78 Å². The van der Waals surface area contributed by atoms with Crippen molar-refractivity contribution in [3.05, 3.63) is 47.8 Å². The molecule has 0 bridgehead atoms. The minimum absolute atomic E-state index is 0.0763. The van der Waals surface area contributed by atoms with Gasteiger partial charge in [0.2, 0.25) is 0 Å². The number of halogens is 2. The Morgan fingerprint density at radius 2 is 2.12 bits per heavy atom. The van der Waals surface area contributed by atoms with E-state index in [1.165, 1.54) is 13.2 Å². The number of methoxy groups -OCH3 is 1. The predicted octanol–water partition coefficient (Wildman–Crippen LogP) is 2.84. The smallest absolute Gasteiger partial charge is 0.387 e. The predicted molar refractivity (Wildman–Crippen MR) is 96.7 cm³/mol. The molecule has 0 saturated heterocycles. The summed E-state index contributed by atoms with van der Waals surface area (Å²) in [6.45, 7) is -1.96. The number of aromatic nitrogens is 1. The van der Waals surface area contributed by atoms with Crippen LogP contribution in [0.15, 0.2) is 41.5 Å². The molecule has 0 saturated carbocycles. The van der Waals surface area contributed by atoms with E-state index < -0.39 is 6.61 Å². The lowest BCUT2D eigenvalue weighted by molar-refractivity contribution is -0.0505. The van der Waals surface area contributed by atoms with E-state index in [1.54, 1.807) is 19.2 Å². The Bertz CT molecular complexity index is 747. The second-order valence-electron chi connectivity index (χ2n) is 5.72. The molecule has 0 aliphatic rings. The number of rotatable bonds is 7. The van der Waals surface area contributed by atoms with Crippen LogP contribution in [0.3, 0.4) is 0 Å². The van der Waals surface area contributed by atoms with Gasteiger partial charge in [0.05, 0.1) is 13.7 Å². The number of hydrogen-bond acceptors (Lipinski definition) is 3. The highest BCUT2D eigenvalue weighted by molar-refractivity contribution is 5.79. The van der Waals surface area contributed by atoms with E-state index in [0.29, 0.717) is 23.8 Å². The van der Waals surface area contributed by atoms with Gasteiger partial charge in [0.1, 0.15) is 11.5 Å². The first-order valence-corrected chi connectivity index (χ1v) is 8.08. The molecular formula is C18H24F2N4O2. The molecule has 2 aromatic rings. The SMILES string of the molecule is CN=C(NCc1ccc(OC)cc1OC(F)F)N(C)Cc1cccn1C. The molecule has 1 N–H and O–H groups in total. The van der Waals surface area contributed by atoms with Gasteiger partial charge in [-0.05, 0) is 24.3 Å². The standard InChI is InChI=1S/C18H24F2N4O2/c1-21-18(24(3)12-14-6-5-9-23(14)2)22-11-13-7-8-15(25-4)10-16(13)26-17(19)20/h5-10,17H,11-12H2,1-4H3,(H,21,22). The van der Waals surface area contributed by atoms with Gasteiger partial charge in [-0.1, -0.05) is 0 Å². The van der Waals surface area contributed by atoms with E-state index in [-0.39, 0.29) is 12.3 Å². The summed E-state index contributed by atoms with van der Waals surface area (Å²) in [7, 11) is 7.03. The molecule has 0 amide bonds. The highest BCUT2D eigenvalue weighted by atomic mass is 19.3. The van der Waals surface area contributed by atoms with Crippen molar-refractivity contribution in [2.24, 2.45) is 12.0 Å².